The highest BCUT2D eigenvalue weighted by molar-refractivity contribution is 8.16. The average molecular weight is 346 g/mol. The summed E-state index contributed by atoms with van der Waals surface area (Å²) in [5.41, 5.74) is -0.343. The maximum atomic E-state index is 11.6. The summed E-state index contributed by atoms with van der Waals surface area (Å²) in [5, 5.41) is 29.3. The van der Waals surface area contributed by atoms with E-state index >= 15 is 0 Å². The Morgan fingerprint density at radius 2 is 2.05 bits per heavy atom. The van der Waals surface area contributed by atoms with E-state index in [0.29, 0.717) is 5.82 Å². The lowest BCUT2D eigenvalue weighted by Crippen LogP contribution is -2.34. The maximum absolute atomic E-state index is 11.6. The largest absolute Gasteiger partial charge is 0.394 e. The van der Waals surface area contributed by atoms with Crippen molar-refractivity contribution in [3.05, 3.63) is 28.4 Å². The molecular formula is C13H18N2O5S2. The van der Waals surface area contributed by atoms with Crippen molar-refractivity contribution in [2.24, 2.45) is 0 Å². The van der Waals surface area contributed by atoms with Crippen LogP contribution in [-0.4, -0.2) is 61.3 Å². The van der Waals surface area contributed by atoms with Gasteiger partial charge in [0.2, 0.25) is 0 Å². The number of rotatable bonds is 3. The number of aliphatic hydroxyl groups is 3. The van der Waals surface area contributed by atoms with Gasteiger partial charge in [-0.25, -0.2) is 0 Å². The highest BCUT2D eigenvalue weighted by Gasteiger charge is 2.44. The molecule has 3 N–H and O–H groups in total. The number of aromatic nitrogens is 2. The number of aliphatic hydroxyl groups excluding tert-OH is 3. The standard InChI is InChI=1S/C13H18N2O5S2/c16-6-7-9(18)10(19)12(20-7)15-3-2-8(17)14-11(15)13-21-4-1-5-22-13/h2-3,7,9-10,12-13,16,18-19H,1,4-6H2/t7-,9-,10-,12-/m1/s1. The van der Waals surface area contributed by atoms with Crippen molar-refractivity contribution in [2.75, 3.05) is 18.1 Å². The second kappa shape index (κ2) is 6.90. The Kier molecular flexibility index (Phi) is 5.10. The summed E-state index contributed by atoms with van der Waals surface area (Å²) < 4.78 is 7.13. The van der Waals surface area contributed by atoms with Crippen molar-refractivity contribution in [2.45, 2.75) is 35.5 Å². The lowest BCUT2D eigenvalue weighted by molar-refractivity contribution is -0.0545. The van der Waals surface area contributed by atoms with Crippen LogP contribution in [0.3, 0.4) is 0 Å². The zero-order valence-corrected chi connectivity index (χ0v) is 13.4. The molecule has 0 amide bonds. The first-order valence-electron chi connectivity index (χ1n) is 7.06. The smallest absolute Gasteiger partial charge is 0.272 e. The van der Waals surface area contributed by atoms with Crippen molar-refractivity contribution < 1.29 is 20.1 Å². The van der Waals surface area contributed by atoms with Gasteiger partial charge in [0.25, 0.3) is 5.56 Å². The van der Waals surface area contributed by atoms with Gasteiger partial charge in [0.05, 0.1) is 6.61 Å². The molecule has 4 atom stereocenters. The molecule has 9 heteroatoms. The molecule has 3 rings (SSSR count). The molecule has 122 valence electrons. The predicted molar refractivity (Wildman–Crippen MR) is 83.8 cm³/mol. The van der Waals surface area contributed by atoms with E-state index in [1.807, 2.05) is 0 Å². The summed E-state index contributed by atoms with van der Waals surface area (Å²) in [5.74, 6) is 2.49. The van der Waals surface area contributed by atoms with Crippen LogP contribution < -0.4 is 5.56 Å². The Balaban J connectivity index is 1.94. The molecule has 1 aromatic rings. The van der Waals surface area contributed by atoms with Crippen LogP contribution in [0, 0.1) is 0 Å². The van der Waals surface area contributed by atoms with Gasteiger partial charge in [-0.3, -0.25) is 4.79 Å². The molecule has 0 bridgehead atoms. The minimum Gasteiger partial charge on any atom is -0.394 e. The van der Waals surface area contributed by atoms with Crippen LogP contribution in [0.1, 0.15) is 23.1 Å². The molecular weight excluding hydrogens is 328 g/mol. The van der Waals surface area contributed by atoms with Gasteiger partial charge >= 0.3 is 0 Å². The molecule has 2 aliphatic rings. The number of ether oxygens (including phenoxy) is 1. The maximum Gasteiger partial charge on any atom is 0.272 e. The molecule has 0 unspecified atom stereocenters. The summed E-state index contributed by atoms with van der Waals surface area (Å²) in [4.78, 5) is 15.7. The zero-order chi connectivity index (χ0) is 15.7. The van der Waals surface area contributed by atoms with E-state index in [1.54, 1.807) is 28.1 Å². The summed E-state index contributed by atoms with van der Waals surface area (Å²) in [6.45, 7) is -0.384. The first kappa shape index (κ1) is 16.3. The third-order valence-electron chi connectivity index (χ3n) is 3.70. The van der Waals surface area contributed by atoms with E-state index < -0.39 is 24.5 Å². The number of hydrogen-bond acceptors (Lipinski definition) is 8. The SMILES string of the molecule is O=c1ccn([C@@H]2O[C@H](CO)[C@@H](O)[C@H]2O)c(C2SCCCS2)n1. The zero-order valence-electron chi connectivity index (χ0n) is 11.7. The third kappa shape index (κ3) is 3.06. The lowest BCUT2D eigenvalue weighted by Gasteiger charge is -2.27. The lowest BCUT2D eigenvalue weighted by atomic mass is 10.1. The Morgan fingerprint density at radius 1 is 1.32 bits per heavy atom. The van der Waals surface area contributed by atoms with Gasteiger partial charge in [0.15, 0.2) is 6.23 Å². The highest BCUT2D eigenvalue weighted by atomic mass is 32.2. The molecule has 0 aliphatic carbocycles. The minimum atomic E-state index is -1.18. The fourth-order valence-corrected chi connectivity index (χ4v) is 5.41. The monoisotopic (exact) mass is 346 g/mol. The summed E-state index contributed by atoms with van der Waals surface area (Å²) in [6, 6.07) is 1.30. The van der Waals surface area contributed by atoms with Crippen LogP contribution in [0.25, 0.3) is 0 Å². The van der Waals surface area contributed by atoms with Crippen molar-refractivity contribution in [3.8, 4) is 0 Å². The van der Waals surface area contributed by atoms with Gasteiger partial charge in [-0.1, -0.05) is 0 Å². The Hall–Kier alpha value is -0.580. The van der Waals surface area contributed by atoms with Crippen molar-refractivity contribution in [3.63, 3.8) is 0 Å². The van der Waals surface area contributed by atoms with Crippen LogP contribution in [0.4, 0.5) is 0 Å². The van der Waals surface area contributed by atoms with Crippen molar-refractivity contribution in [1.82, 2.24) is 9.55 Å². The molecule has 0 spiro atoms. The number of nitrogens with zero attached hydrogens (tertiary/aromatic N) is 2. The molecule has 2 aliphatic heterocycles. The van der Waals surface area contributed by atoms with Crippen molar-refractivity contribution in [1.29, 1.82) is 0 Å². The van der Waals surface area contributed by atoms with Gasteiger partial charge in [-0.05, 0) is 17.9 Å². The first-order chi connectivity index (χ1) is 10.6. The fourth-order valence-electron chi connectivity index (χ4n) is 2.56. The fraction of sp³-hybridized carbons (Fsp3) is 0.692. The van der Waals surface area contributed by atoms with Gasteiger partial charge in [0, 0.05) is 12.3 Å². The molecule has 2 saturated heterocycles. The van der Waals surface area contributed by atoms with E-state index in [2.05, 4.69) is 4.98 Å². The topological polar surface area (TPSA) is 105 Å². The van der Waals surface area contributed by atoms with Crippen LogP contribution >= 0.6 is 23.5 Å². The number of hydrogen-bond donors (Lipinski definition) is 3. The average Bonchev–Trinajstić information content (AvgIpc) is 2.83. The van der Waals surface area contributed by atoms with E-state index in [1.165, 1.54) is 12.3 Å². The van der Waals surface area contributed by atoms with E-state index in [-0.39, 0.29) is 16.7 Å². The van der Waals surface area contributed by atoms with Gasteiger partial charge in [-0.15, -0.1) is 23.5 Å². The second-order valence-electron chi connectivity index (χ2n) is 5.19. The molecule has 22 heavy (non-hydrogen) atoms. The summed E-state index contributed by atoms with van der Waals surface area (Å²) >= 11 is 3.40. The molecule has 0 radical (unpaired) electrons. The normalized spacial score (nSPS) is 33.2. The Bertz CT molecular complexity index is 578. The molecule has 2 fully saturated rings. The van der Waals surface area contributed by atoms with Gasteiger partial charge < -0.3 is 24.6 Å². The quantitative estimate of drug-likeness (QED) is 0.687. The molecule has 1 aromatic heterocycles. The summed E-state index contributed by atoms with van der Waals surface area (Å²) in [7, 11) is 0. The van der Waals surface area contributed by atoms with E-state index in [4.69, 9.17) is 4.74 Å². The van der Waals surface area contributed by atoms with Gasteiger partial charge in [0.1, 0.15) is 28.7 Å². The van der Waals surface area contributed by atoms with Crippen LogP contribution in [0.2, 0.25) is 0 Å². The Labute approximate surface area is 135 Å². The molecule has 0 saturated carbocycles. The highest BCUT2D eigenvalue weighted by Crippen LogP contribution is 2.44. The van der Waals surface area contributed by atoms with Crippen molar-refractivity contribution >= 4 is 23.5 Å². The second-order valence-corrected chi connectivity index (χ2v) is 7.91. The Morgan fingerprint density at radius 3 is 2.68 bits per heavy atom. The first-order valence-corrected chi connectivity index (χ1v) is 9.16. The van der Waals surface area contributed by atoms with Gasteiger partial charge in [-0.2, -0.15) is 4.98 Å². The van der Waals surface area contributed by atoms with E-state index in [9.17, 15) is 20.1 Å². The number of thioether (sulfide) groups is 2. The molecule has 0 aromatic carbocycles. The molecule has 3 heterocycles. The predicted octanol–water partition coefficient (Wildman–Crippen LogP) is -0.277. The van der Waals surface area contributed by atoms with Crippen LogP contribution in [0.5, 0.6) is 0 Å². The van der Waals surface area contributed by atoms with Crippen LogP contribution in [0.15, 0.2) is 17.1 Å². The van der Waals surface area contributed by atoms with Crippen LogP contribution in [-0.2, 0) is 4.74 Å². The minimum absolute atomic E-state index is 0.0104. The summed E-state index contributed by atoms with van der Waals surface area (Å²) in [6.07, 6.45) is -1.43. The molecule has 7 nitrogen and oxygen atoms in total. The van der Waals surface area contributed by atoms with E-state index in [0.717, 1.165) is 17.9 Å². The third-order valence-corrected chi connectivity index (χ3v) is 6.59.